The quantitative estimate of drug-likeness (QED) is 0.867. The number of amides is 2. The Bertz CT molecular complexity index is 596. The molecule has 4 rings (SSSR count). The van der Waals surface area contributed by atoms with Crippen molar-refractivity contribution in [2.75, 3.05) is 13.3 Å². The predicted molar refractivity (Wildman–Crippen MR) is 82.2 cm³/mol. The first-order valence-corrected chi connectivity index (χ1v) is 8.22. The fourth-order valence-corrected chi connectivity index (χ4v) is 3.81. The summed E-state index contributed by atoms with van der Waals surface area (Å²) in [6.07, 6.45) is 5.56. The summed E-state index contributed by atoms with van der Waals surface area (Å²) in [5.41, 5.74) is 2.44. The van der Waals surface area contributed by atoms with Gasteiger partial charge in [0.05, 0.1) is 6.04 Å². The van der Waals surface area contributed by atoms with E-state index in [4.69, 9.17) is 9.47 Å². The summed E-state index contributed by atoms with van der Waals surface area (Å²) in [6.45, 7) is 3.14. The Morgan fingerprint density at radius 2 is 1.95 bits per heavy atom. The number of ether oxygens (including phenoxy) is 2. The number of fused-ring (bicyclic) bond motifs is 2. The first kappa shape index (κ1) is 13.7. The summed E-state index contributed by atoms with van der Waals surface area (Å²) in [5, 5.41) is 3.19. The maximum Gasteiger partial charge on any atom is 0.318 e. The molecule has 1 N–H and O–H groups in total. The lowest BCUT2D eigenvalue weighted by Gasteiger charge is -2.36. The van der Waals surface area contributed by atoms with Gasteiger partial charge in [0.15, 0.2) is 11.5 Å². The first-order chi connectivity index (χ1) is 10.7. The summed E-state index contributed by atoms with van der Waals surface area (Å²) in [4.78, 5) is 14.5. The van der Waals surface area contributed by atoms with Crippen LogP contribution in [0, 0.1) is 0 Å². The molecule has 0 spiro atoms. The molecule has 2 aliphatic heterocycles. The molecule has 5 heteroatoms. The molecule has 1 atom stereocenters. The number of carbonyl (C=O) groups is 1. The van der Waals surface area contributed by atoms with Gasteiger partial charge in [-0.2, -0.15) is 0 Å². The van der Waals surface area contributed by atoms with E-state index in [2.05, 4.69) is 18.3 Å². The molecular weight excluding hydrogens is 280 g/mol. The number of urea groups is 1. The van der Waals surface area contributed by atoms with Crippen LogP contribution in [0.4, 0.5) is 4.79 Å². The Hall–Kier alpha value is -1.91. The second kappa shape index (κ2) is 5.38. The third-order valence-electron chi connectivity index (χ3n) is 5.12. The predicted octanol–water partition coefficient (Wildman–Crippen LogP) is 2.99. The van der Waals surface area contributed by atoms with Crippen molar-refractivity contribution in [3.05, 3.63) is 23.3 Å². The van der Waals surface area contributed by atoms with Gasteiger partial charge < -0.3 is 19.7 Å². The van der Waals surface area contributed by atoms with Crippen LogP contribution in [0.25, 0.3) is 0 Å². The average molecular weight is 302 g/mol. The monoisotopic (exact) mass is 302 g/mol. The highest BCUT2D eigenvalue weighted by molar-refractivity contribution is 5.75. The Kier molecular flexibility index (Phi) is 3.36. The normalized spacial score (nSPS) is 23.5. The molecule has 0 radical (unpaired) electrons. The van der Waals surface area contributed by atoms with Crippen LogP contribution in [0.2, 0.25) is 0 Å². The summed E-state index contributed by atoms with van der Waals surface area (Å²) >= 11 is 0. The van der Waals surface area contributed by atoms with Crippen LogP contribution in [0.1, 0.15) is 49.8 Å². The van der Waals surface area contributed by atoms with Gasteiger partial charge in [0.2, 0.25) is 6.79 Å². The lowest BCUT2D eigenvalue weighted by molar-refractivity contribution is 0.170. The van der Waals surface area contributed by atoms with E-state index >= 15 is 0 Å². The molecule has 1 aliphatic carbocycles. The highest BCUT2D eigenvalue weighted by Gasteiger charge is 2.31. The van der Waals surface area contributed by atoms with Crippen molar-refractivity contribution in [2.24, 2.45) is 0 Å². The number of hydrogen-bond acceptors (Lipinski definition) is 3. The largest absolute Gasteiger partial charge is 0.454 e. The van der Waals surface area contributed by atoms with E-state index in [9.17, 15) is 4.79 Å². The lowest BCUT2D eigenvalue weighted by Crippen LogP contribution is -2.47. The van der Waals surface area contributed by atoms with Gasteiger partial charge in [-0.15, -0.1) is 0 Å². The minimum absolute atomic E-state index is 0.0691. The zero-order chi connectivity index (χ0) is 15.1. The van der Waals surface area contributed by atoms with E-state index in [1.165, 1.54) is 24.0 Å². The molecule has 1 unspecified atom stereocenters. The summed E-state index contributed by atoms with van der Waals surface area (Å²) in [5.74, 6) is 1.62. The average Bonchev–Trinajstić information content (AvgIpc) is 3.16. The van der Waals surface area contributed by atoms with Gasteiger partial charge in [0, 0.05) is 12.6 Å². The van der Waals surface area contributed by atoms with Crippen LogP contribution in [-0.2, 0) is 6.42 Å². The summed E-state index contributed by atoms with van der Waals surface area (Å²) in [6, 6.07) is 4.61. The highest BCUT2D eigenvalue weighted by Crippen LogP contribution is 2.40. The molecule has 0 bridgehead atoms. The van der Waals surface area contributed by atoms with Gasteiger partial charge in [-0.3, -0.25) is 0 Å². The van der Waals surface area contributed by atoms with Gasteiger partial charge in [-0.05, 0) is 49.4 Å². The molecule has 0 aromatic heterocycles. The molecule has 2 heterocycles. The number of hydrogen-bond donors (Lipinski definition) is 1. The molecule has 1 aromatic rings. The molecule has 5 nitrogen and oxygen atoms in total. The standard InChI is InChI=1S/C17H22N2O3/c1-11-14-9-16-15(21-10-22-16)8-12(14)6-7-19(11)17(20)18-13-4-2-3-5-13/h8-9,11,13H,2-7,10H2,1H3,(H,18,20). The van der Waals surface area contributed by atoms with Crippen molar-refractivity contribution in [3.8, 4) is 11.5 Å². The maximum absolute atomic E-state index is 12.6. The Morgan fingerprint density at radius 3 is 2.73 bits per heavy atom. The zero-order valence-electron chi connectivity index (χ0n) is 12.9. The Morgan fingerprint density at radius 1 is 1.23 bits per heavy atom. The molecule has 0 saturated heterocycles. The Labute approximate surface area is 130 Å². The number of benzene rings is 1. The first-order valence-electron chi connectivity index (χ1n) is 8.22. The molecule has 1 saturated carbocycles. The van der Waals surface area contributed by atoms with Crippen LogP contribution in [0.5, 0.6) is 11.5 Å². The number of rotatable bonds is 1. The van der Waals surface area contributed by atoms with E-state index < -0.39 is 0 Å². The van der Waals surface area contributed by atoms with Crippen molar-refractivity contribution >= 4 is 6.03 Å². The van der Waals surface area contributed by atoms with Crippen molar-refractivity contribution < 1.29 is 14.3 Å². The van der Waals surface area contributed by atoms with Gasteiger partial charge in [0.25, 0.3) is 0 Å². The third kappa shape index (κ3) is 2.28. The molecule has 1 fully saturated rings. The van der Waals surface area contributed by atoms with E-state index in [1.54, 1.807) is 0 Å². The van der Waals surface area contributed by atoms with Crippen molar-refractivity contribution in [1.29, 1.82) is 0 Å². The molecule has 22 heavy (non-hydrogen) atoms. The van der Waals surface area contributed by atoms with Crippen molar-refractivity contribution in [1.82, 2.24) is 10.2 Å². The van der Waals surface area contributed by atoms with Gasteiger partial charge in [-0.1, -0.05) is 12.8 Å². The van der Waals surface area contributed by atoms with E-state index in [1.807, 2.05) is 11.0 Å². The van der Waals surface area contributed by atoms with Crippen molar-refractivity contribution in [3.63, 3.8) is 0 Å². The summed E-state index contributed by atoms with van der Waals surface area (Å²) in [7, 11) is 0. The fourth-order valence-electron chi connectivity index (χ4n) is 3.81. The van der Waals surface area contributed by atoms with E-state index in [0.717, 1.165) is 37.3 Å². The lowest BCUT2D eigenvalue weighted by atomic mass is 9.93. The van der Waals surface area contributed by atoms with Crippen LogP contribution < -0.4 is 14.8 Å². The number of nitrogens with one attached hydrogen (secondary N) is 1. The minimum atomic E-state index is 0.0691. The Balaban J connectivity index is 1.53. The van der Waals surface area contributed by atoms with Crippen LogP contribution in [-0.4, -0.2) is 30.3 Å². The fraction of sp³-hybridized carbons (Fsp3) is 0.588. The second-order valence-electron chi connectivity index (χ2n) is 6.45. The molecule has 1 aromatic carbocycles. The van der Waals surface area contributed by atoms with Crippen LogP contribution in [0.15, 0.2) is 12.1 Å². The third-order valence-corrected chi connectivity index (χ3v) is 5.12. The molecule has 2 amide bonds. The van der Waals surface area contributed by atoms with Crippen LogP contribution in [0.3, 0.4) is 0 Å². The molecule has 3 aliphatic rings. The van der Waals surface area contributed by atoms with Gasteiger partial charge >= 0.3 is 6.03 Å². The zero-order valence-corrected chi connectivity index (χ0v) is 12.9. The van der Waals surface area contributed by atoms with E-state index in [0.29, 0.717) is 12.8 Å². The minimum Gasteiger partial charge on any atom is -0.454 e. The van der Waals surface area contributed by atoms with Crippen LogP contribution >= 0.6 is 0 Å². The van der Waals surface area contributed by atoms with Gasteiger partial charge in [0.1, 0.15) is 0 Å². The van der Waals surface area contributed by atoms with Crippen molar-refractivity contribution in [2.45, 2.75) is 51.1 Å². The summed E-state index contributed by atoms with van der Waals surface area (Å²) < 4.78 is 10.9. The SMILES string of the molecule is CC1c2cc3c(cc2CCN1C(=O)NC1CCCC1)OCO3. The molecule has 118 valence electrons. The topological polar surface area (TPSA) is 50.8 Å². The molecular formula is C17H22N2O3. The number of carbonyl (C=O) groups excluding carboxylic acids is 1. The maximum atomic E-state index is 12.6. The smallest absolute Gasteiger partial charge is 0.318 e. The van der Waals surface area contributed by atoms with Gasteiger partial charge in [-0.25, -0.2) is 4.79 Å². The highest BCUT2D eigenvalue weighted by atomic mass is 16.7. The van der Waals surface area contributed by atoms with E-state index in [-0.39, 0.29) is 12.1 Å². The number of nitrogens with zero attached hydrogens (tertiary/aromatic N) is 1. The second-order valence-corrected chi connectivity index (χ2v) is 6.45.